The molecule has 1 aromatic carbocycles. The first-order valence-electron chi connectivity index (χ1n) is 5.77. The Labute approximate surface area is 101 Å². The quantitative estimate of drug-likeness (QED) is 0.841. The topological polar surface area (TPSA) is 64.1 Å². The summed E-state index contributed by atoms with van der Waals surface area (Å²) in [6.07, 6.45) is 2.64. The number of aliphatic hydroxyl groups excluding tert-OH is 1. The van der Waals surface area contributed by atoms with Crippen LogP contribution >= 0.6 is 0 Å². The minimum Gasteiger partial charge on any atom is -0.396 e. The van der Waals surface area contributed by atoms with Gasteiger partial charge in [-0.1, -0.05) is 31.2 Å². The molecule has 0 fully saturated rings. The van der Waals surface area contributed by atoms with Gasteiger partial charge in [0.25, 0.3) is 0 Å². The van der Waals surface area contributed by atoms with Gasteiger partial charge in [0.2, 0.25) is 0 Å². The van der Waals surface area contributed by atoms with E-state index in [4.69, 9.17) is 10.8 Å². The summed E-state index contributed by atoms with van der Waals surface area (Å²) in [5.41, 5.74) is 9.75. The fourth-order valence-electron chi connectivity index (χ4n) is 1.88. The van der Waals surface area contributed by atoms with Crippen molar-refractivity contribution in [2.24, 2.45) is 0 Å². The molecule has 0 saturated carbocycles. The van der Waals surface area contributed by atoms with Gasteiger partial charge < -0.3 is 10.8 Å². The van der Waals surface area contributed by atoms with Crippen molar-refractivity contribution in [3.63, 3.8) is 0 Å². The summed E-state index contributed by atoms with van der Waals surface area (Å²) in [7, 11) is 0. The van der Waals surface area contributed by atoms with Crippen molar-refractivity contribution < 1.29 is 5.11 Å². The number of benzene rings is 1. The molecule has 90 valence electrons. The van der Waals surface area contributed by atoms with E-state index in [0.29, 0.717) is 12.2 Å². The first kappa shape index (κ1) is 11.7. The number of rotatable bonds is 4. The van der Waals surface area contributed by atoms with Gasteiger partial charge in [-0.2, -0.15) is 5.10 Å². The highest BCUT2D eigenvalue weighted by Gasteiger charge is 2.10. The van der Waals surface area contributed by atoms with E-state index >= 15 is 0 Å². The Morgan fingerprint density at radius 2 is 2.00 bits per heavy atom. The SMILES string of the molecule is CCc1ccc(-c2c(N)cnn2CCO)cc1. The van der Waals surface area contributed by atoms with Crippen LogP contribution in [0.3, 0.4) is 0 Å². The lowest BCUT2D eigenvalue weighted by Gasteiger charge is -2.07. The van der Waals surface area contributed by atoms with Crippen LogP contribution in [-0.4, -0.2) is 21.5 Å². The molecule has 17 heavy (non-hydrogen) atoms. The number of aromatic nitrogens is 2. The zero-order valence-corrected chi connectivity index (χ0v) is 9.93. The monoisotopic (exact) mass is 231 g/mol. The number of aryl methyl sites for hydroxylation is 1. The van der Waals surface area contributed by atoms with E-state index in [0.717, 1.165) is 17.7 Å². The van der Waals surface area contributed by atoms with Gasteiger partial charge in [0.1, 0.15) is 0 Å². The summed E-state index contributed by atoms with van der Waals surface area (Å²) in [6.45, 7) is 2.64. The Morgan fingerprint density at radius 3 is 2.59 bits per heavy atom. The molecule has 0 spiro atoms. The zero-order valence-electron chi connectivity index (χ0n) is 9.93. The summed E-state index contributed by atoms with van der Waals surface area (Å²) in [6, 6.07) is 8.26. The third-order valence-corrected chi connectivity index (χ3v) is 2.82. The van der Waals surface area contributed by atoms with Crippen LogP contribution in [0.1, 0.15) is 12.5 Å². The Bertz CT molecular complexity index is 488. The van der Waals surface area contributed by atoms with E-state index in [1.807, 2.05) is 12.1 Å². The molecule has 0 radical (unpaired) electrons. The van der Waals surface area contributed by atoms with E-state index in [2.05, 4.69) is 24.2 Å². The molecule has 0 saturated heterocycles. The van der Waals surface area contributed by atoms with Gasteiger partial charge in [-0.15, -0.1) is 0 Å². The van der Waals surface area contributed by atoms with Crippen molar-refractivity contribution in [3.05, 3.63) is 36.0 Å². The molecule has 4 heteroatoms. The molecule has 4 nitrogen and oxygen atoms in total. The molecular formula is C13H17N3O. The molecule has 0 unspecified atom stereocenters. The fourth-order valence-corrected chi connectivity index (χ4v) is 1.88. The maximum Gasteiger partial charge on any atom is 0.0913 e. The molecule has 0 bridgehead atoms. The molecule has 0 atom stereocenters. The highest BCUT2D eigenvalue weighted by atomic mass is 16.3. The van der Waals surface area contributed by atoms with Crippen molar-refractivity contribution >= 4 is 5.69 Å². The van der Waals surface area contributed by atoms with Crippen molar-refractivity contribution in [3.8, 4) is 11.3 Å². The normalized spacial score (nSPS) is 10.7. The number of nitrogen functional groups attached to an aromatic ring is 1. The van der Waals surface area contributed by atoms with E-state index in [1.165, 1.54) is 5.56 Å². The molecule has 2 aromatic rings. The Hall–Kier alpha value is -1.81. The lowest BCUT2D eigenvalue weighted by molar-refractivity contribution is 0.270. The van der Waals surface area contributed by atoms with Crippen LogP contribution in [0.5, 0.6) is 0 Å². The van der Waals surface area contributed by atoms with E-state index < -0.39 is 0 Å². The average Bonchev–Trinajstić information content (AvgIpc) is 2.71. The number of anilines is 1. The molecule has 0 aliphatic rings. The van der Waals surface area contributed by atoms with Crippen LogP contribution in [0, 0.1) is 0 Å². The van der Waals surface area contributed by atoms with E-state index in [1.54, 1.807) is 10.9 Å². The lowest BCUT2D eigenvalue weighted by Crippen LogP contribution is -2.06. The zero-order chi connectivity index (χ0) is 12.3. The van der Waals surface area contributed by atoms with Gasteiger partial charge in [-0.25, -0.2) is 0 Å². The number of nitrogens with zero attached hydrogens (tertiary/aromatic N) is 2. The first-order valence-corrected chi connectivity index (χ1v) is 5.77. The molecule has 0 aliphatic carbocycles. The predicted molar refractivity (Wildman–Crippen MR) is 68.5 cm³/mol. The minimum absolute atomic E-state index is 0.0567. The van der Waals surface area contributed by atoms with E-state index in [9.17, 15) is 0 Å². The van der Waals surface area contributed by atoms with Crippen LogP contribution in [0.4, 0.5) is 5.69 Å². The highest BCUT2D eigenvalue weighted by Crippen LogP contribution is 2.25. The predicted octanol–water partition coefficient (Wildman–Crippen LogP) is 1.69. The number of hydrogen-bond acceptors (Lipinski definition) is 3. The summed E-state index contributed by atoms with van der Waals surface area (Å²) >= 11 is 0. The highest BCUT2D eigenvalue weighted by molar-refractivity contribution is 5.72. The molecule has 0 amide bonds. The number of aliphatic hydroxyl groups is 1. The Balaban J connectivity index is 2.40. The van der Waals surface area contributed by atoms with Crippen LogP contribution in [0.25, 0.3) is 11.3 Å². The third kappa shape index (κ3) is 2.31. The molecular weight excluding hydrogens is 214 g/mol. The second-order valence-electron chi connectivity index (χ2n) is 3.95. The summed E-state index contributed by atoms with van der Waals surface area (Å²) in [5, 5.41) is 13.1. The van der Waals surface area contributed by atoms with E-state index in [-0.39, 0.29) is 6.61 Å². The third-order valence-electron chi connectivity index (χ3n) is 2.82. The largest absolute Gasteiger partial charge is 0.396 e. The summed E-state index contributed by atoms with van der Waals surface area (Å²) in [5.74, 6) is 0. The maximum atomic E-state index is 8.98. The van der Waals surface area contributed by atoms with Crippen molar-refractivity contribution in [2.45, 2.75) is 19.9 Å². The second-order valence-corrected chi connectivity index (χ2v) is 3.95. The second kappa shape index (κ2) is 5.01. The van der Waals surface area contributed by atoms with Gasteiger partial charge in [-0.3, -0.25) is 4.68 Å². The van der Waals surface area contributed by atoms with Crippen LogP contribution in [0.15, 0.2) is 30.5 Å². The van der Waals surface area contributed by atoms with Crippen LogP contribution in [-0.2, 0) is 13.0 Å². The van der Waals surface area contributed by atoms with Crippen LogP contribution < -0.4 is 5.73 Å². The van der Waals surface area contributed by atoms with Gasteiger partial charge in [0.15, 0.2) is 0 Å². The Morgan fingerprint density at radius 1 is 1.29 bits per heavy atom. The first-order chi connectivity index (χ1) is 8.26. The molecule has 0 aliphatic heterocycles. The average molecular weight is 231 g/mol. The summed E-state index contributed by atoms with van der Waals surface area (Å²) in [4.78, 5) is 0. The van der Waals surface area contributed by atoms with Crippen molar-refractivity contribution in [1.29, 1.82) is 0 Å². The molecule has 1 aromatic heterocycles. The number of nitrogens with two attached hydrogens (primary N) is 1. The molecule has 2 rings (SSSR count). The van der Waals surface area contributed by atoms with Gasteiger partial charge in [0, 0.05) is 5.56 Å². The van der Waals surface area contributed by atoms with Gasteiger partial charge in [-0.05, 0) is 12.0 Å². The lowest BCUT2D eigenvalue weighted by atomic mass is 10.1. The van der Waals surface area contributed by atoms with Crippen molar-refractivity contribution in [1.82, 2.24) is 9.78 Å². The Kier molecular flexibility index (Phi) is 3.44. The molecule has 3 N–H and O–H groups in total. The fraction of sp³-hybridized carbons (Fsp3) is 0.308. The maximum absolute atomic E-state index is 8.98. The molecule has 1 heterocycles. The smallest absolute Gasteiger partial charge is 0.0913 e. The minimum atomic E-state index is 0.0567. The number of hydrogen-bond donors (Lipinski definition) is 2. The van der Waals surface area contributed by atoms with Gasteiger partial charge in [0.05, 0.1) is 30.7 Å². The van der Waals surface area contributed by atoms with Gasteiger partial charge >= 0.3 is 0 Å². The standard InChI is InChI=1S/C13H17N3O/c1-2-10-3-5-11(6-4-10)13-12(14)9-15-16(13)7-8-17/h3-6,9,17H,2,7-8,14H2,1H3. The van der Waals surface area contributed by atoms with Crippen LogP contribution in [0.2, 0.25) is 0 Å². The van der Waals surface area contributed by atoms with Crippen molar-refractivity contribution in [2.75, 3.05) is 12.3 Å². The summed E-state index contributed by atoms with van der Waals surface area (Å²) < 4.78 is 1.73.